The summed E-state index contributed by atoms with van der Waals surface area (Å²) in [5.41, 5.74) is 0. The molecule has 0 saturated heterocycles. The van der Waals surface area contributed by atoms with Gasteiger partial charge in [-0.05, 0) is 45.2 Å². The maximum atomic E-state index is 5.40. The minimum absolute atomic E-state index is 0.861. The maximum Gasteiger partial charge on any atom is 0.0466 e. The number of rotatable bonds is 8. The van der Waals surface area contributed by atoms with Gasteiger partial charge in [-0.15, -0.1) is 0 Å². The molecular formula is C13H27NO. The van der Waals surface area contributed by atoms with Gasteiger partial charge in [0.05, 0.1) is 0 Å². The smallest absolute Gasteiger partial charge is 0.0466 e. The van der Waals surface area contributed by atoms with E-state index in [2.05, 4.69) is 19.3 Å². The van der Waals surface area contributed by atoms with Gasteiger partial charge in [-0.1, -0.05) is 25.7 Å². The Morgan fingerprint density at radius 1 is 1.33 bits per heavy atom. The Hall–Kier alpha value is -0.0800. The molecule has 1 aliphatic rings. The Morgan fingerprint density at radius 3 is 2.67 bits per heavy atom. The molecule has 1 unspecified atom stereocenters. The lowest BCUT2D eigenvalue weighted by Gasteiger charge is -2.23. The Balaban J connectivity index is 2.17. The summed E-state index contributed by atoms with van der Waals surface area (Å²) in [6, 6.07) is 0. The van der Waals surface area contributed by atoms with Crippen LogP contribution >= 0.6 is 0 Å². The molecular weight excluding hydrogens is 186 g/mol. The minimum Gasteiger partial charge on any atom is -0.382 e. The zero-order valence-corrected chi connectivity index (χ0v) is 10.4. The molecule has 2 nitrogen and oxygen atoms in total. The van der Waals surface area contributed by atoms with Crippen LogP contribution < -0.4 is 5.32 Å². The standard InChI is InChI=1S/C13H27NO/c1-3-15-10-6-9-13(11-14-2)12-7-4-5-8-12/h12-14H,3-11H2,1-2H3. The highest BCUT2D eigenvalue weighted by atomic mass is 16.5. The molecule has 2 heteroatoms. The van der Waals surface area contributed by atoms with Gasteiger partial charge in [-0.3, -0.25) is 0 Å². The summed E-state index contributed by atoms with van der Waals surface area (Å²) in [4.78, 5) is 0. The largest absolute Gasteiger partial charge is 0.382 e. The van der Waals surface area contributed by atoms with Gasteiger partial charge in [0.25, 0.3) is 0 Å². The lowest BCUT2D eigenvalue weighted by atomic mass is 9.87. The summed E-state index contributed by atoms with van der Waals surface area (Å²) in [6.45, 7) is 5.07. The summed E-state index contributed by atoms with van der Waals surface area (Å²) in [5.74, 6) is 1.87. The molecule has 0 amide bonds. The summed E-state index contributed by atoms with van der Waals surface area (Å²) in [5, 5.41) is 3.34. The van der Waals surface area contributed by atoms with E-state index in [1.807, 2.05) is 0 Å². The fourth-order valence-electron chi connectivity index (χ4n) is 2.79. The lowest BCUT2D eigenvalue weighted by molar-refractivity contribution is 0.135. The normalized spacial score (nSPS) is 19.6. The summed E-state index contributed by atoms with van der Waals surface area (Å²) >= 11 is 0. The number of nitrogens with one attached hydrogen (secondary N) is 1. The van der Waals surface area contributed by atoms with Gasteiger partial charge in [-0.25, -0.2) is 0 Å². The quantitative estimate of drug-likeness (QED) is 0.626. The van der Waals surface area contributed by atoms with Crippen LogP contribution in [0.3, 0.4) is 0 Å². The Kier molecular flexibility index (Phi) is 7.03. The van der Waals surface area contributed by atoms with E-state index in [1.165, 1.54) is 45.1 Å². The van der Waals surface area contributed by atoms with Gasteiger partial charge < -0.3 is 10.1 Å². The molecule has 0 aromatic carbocycles. The van der Waals surface area contributed by atoms with Crippen molar-refractivity contribution in [2.75, 3.05) is 26.8 Å². The molecule has 0 aromatic heterocycles. The van der Waals surface area contributed by atoms with E-state index in [4.69, 9.17) is 4.74 Å². The number of hydrogen-bond acceptors (Lipinski definition) is 2. The van der Waals surface area contributed by atoms with Crippen LogP contribution in [-0.2, 0) is 4.74 Å². The molecule has 0 bridgehead atoms. The van der Waals surface area contributed by atoms with Crippen LogP contribution in [0.5, 0.6) is 0 Å². The zero-order valence-electron chi connectivity index (χ0n) is 10.4. The monoisotopic (exact) mass is 213 g/mol. The SMILES string of the molecule is CCOCCCC(CNC)C1CCCC1. The van der Waals surface area contributed by atoms with E-state index >= 15 is 0 Å². The first-order valence-corrected chi connectivity index (χ1v) is 6.60. The van der Waals surface area contributed by atoms with Crippen LogP contribution in [0.15, 0.2) is 0 Å². The molecule has 0 aromatic rings. The Morgan fingerprint density at radius 2 is 2.07 bits per heavy atom. The third kappa shape index (κ3) is 4.98. The topological polar surface area (TPSA) is 21.3 Å². The van der Waals surface area contributed by atoms with Crippen LogP contribution in [-0.4, -0.2) is 26.8 Å². The van der Waals surface area contributed by atoms with Gasteiger partial charge in [0.1, 0.15) is 0 Å². The highest BCUT2D eigenvalue weighted by molar-refractivity contribution is 4.76. The van der Waals surface area contributed by atoms with E-state index in [9.17, 15) is 0 Å². The summed E-state index contributed by atoms with van der Waals surface area (Å²) < 4.78 is 5.40. The highest BCUT2D eigenvalue weighted by Crippen LogP contribution is 2.33. The van der Waals surface area contributed by atoms with Crippen molar-refractivity contribution in [2.45, 2.75) is 45.4 Å². The van der Waals surface area contributed by atoms with Crippen LogP contribution in [0.1, 0.15) is 45.4 Å². The van der Waals surface area contributed by atoms with Gasteiger partial charge in [0.2, 0.25) is 0 Å². The van der Waals surface area contributed by atoms with E-state index in [0.29, 0.717) is 0 Å². The fourth-order valence-corrected chi connectivity index (χ4v) is 2.79. The molecule has 15 heavy (non-hydrogen) atoms. The van der Waals surface area contributed by atoms with Crippen molar-refractivity contribution >= 4 is 0 Å². The molecule has 0 heterocycles. The fraction of sp³-hybridized carbons (Fsp3) is 1.00. The molecule has 1 rings (SSSR count). The molecule has 0 radical (unpaired) electrons. The molecule has 1 atom stereocenters. The average Bonchev–Trinajstić information content (AvgIpc) is 2.76. The number of hydrogen-bond donors (Lipinski definition) is 1. The van der Waals surface area contributed by atoms with E-state index in [0.717, 1.165) is 25.0 Å². The van der Waals surface area contributed by atoms with Crippen molar-refractivity contribution < 1.29 is 4.74 Å². The van der Waals surface area contributed by atoms with Crippen molar-refractivity contribution in [3.05, 3.63) is 0 Å². The Bertz CT molecular complexity index is 143. The molecule has 0 aliphatic heterocycles. The predicted molar refractivity (Wildman–Crippen MR) is 65.1 cm³/mol. The van der Waals surface area contributed by atoms with Gasteiger partial charge in [-0.2, -0.15) is 0 Å². The zero-order chi connectivity index (χ0) is 10.9. The van der Waals surface area contributed by atoms with Crippen LogP contribution in [0.25, 0.3) is 0 Å². The second-order valence-corrected chi connectivity index (χ2v) is 4.70. The van der Waals surface area contributed by atoms with Crippen LogP contribution in [0.4, 0.5) is 0 Å². The van der Waals surface area contributed by atoms with Crippen molar-refractivity contribution in [1.29, 1.82) is 0 Å². The van der Waals surface area contributed by atoms with Crippen molar-refractivity contribution in [2.24, 2.45) is 11.8 Å². The first-order chi connectivity index (χ1) is 7.38. The van der Waals surface area contributed by atoms with Crippen LogP contribution in [0, 0.1) is 11.8 Å². The average molecular weight is 213 g/mol. The highest BCUT2D eigenvalue weighted by Gasteiger charge is 2.23. The second kappa shape index (κ2) is 8.12. The molecule has 1 N–H and O–H groups in total. The lowest BCUT2D eigenvalue weighted by Crippen LogP contribution is -2.25. The van der Waals surface area contributed by atoms with E-state index in [-0.39, 0.29) is 0 Å². The predicted octanol–water partition coefficient (Wildman–Crippen LogP) is 2.83. The maximum absolute atomic E-state index is 5.40. The first-order valence-electron chi connectivity index (χ1n) is 6.60. The number of ether oxygens (including phenoxy) is 1. The minimum atomic E-state index is 0.861. The Labute approximate surface area is 94.8 Å². The van der Waals surface area contributed by atoms with E-state index in [1.54, 1.807) is 0 Å². The van der Waals surface area contributed by atoms with Gasteiger partial charge in [0.15, 0.2) is 0 Å². The molecule has 1 aliphatic carbocycles. The third-order valence-electron chi connectivity index (χ3n) is 3.60. The van der Waals surface area contributed by atoms with Crippen molar-refractivity contribution in [3.63, 3.8) is 0 Å². The molecule has 0 spiro atoms. The van der Waals surface area contributed by atoms with Crippen LogP contribution in [0.2, 0.25) is 0 Å². The molecule has 1 fully saturated rings. The summed E-state index contributed by atoms with van der Waals surface area (Å²) in [7, 11) is 2.07. The van der Waals surface area contributed by atoms with Gasteiger partial charge >= 0.3 is 0 Å². The van der Waals surface area contributed by atoms with Crippen molar-refractivity contribution in [3.8, 4) is 0 Å². The third-order valence-corrected chi connectivity index (χ3v) is 3.60. The molecule has 1 saturated carbocycles. The van der Waals surface area contributed by atoms with Gasteiger partial charge in [0, 0.05) is 13.2 Å². The second-order valence-electron chi connectivity index (χ2n) is 4.70. The van der Waals surface area contributed by atoms with E-state index < -0.39 is 0 Å². The summed E-state index contributed by atoms with van der Waals surface area (Å²) in [6.07, 6.45) is 8.40. The molecule has 90 valence electrons. The first kappa shape index (κ1) is 13.0. The van der Waals surface area contributed by atoms with Crippen molar-refractivity contribution in [1.82, 2.24) is 5.32 Å².